The van der Waals surface area contributed by atoms with Crippen molar-refractivity contribution in [2.24, 2.45) is 5.92 Å². The summed E-state index contributed by atoms with van der Waals surface area (Å²) in [6.07, 6.45) is 2.67. The molecular formula is C42H56Cl2SiZr. The molecule has 3 aromatic rings. The average Bonchev–Trinajstić information content (AvgIpc) is 3.39. The number of rotatable bonds is 4. The first kappa shape index (κ1) is 39.1. The Labute approximate surface area is 302 Å². The van der Waals surface area contributed by atoms with Crippen molar-refractivity contribution in [3.63, 3.8) is 0 Å². The van der Waals surface area contributed by atoms with Crippen molar-refractivity contribution >= 4 is 11.8 Å². The number of halogens is 2. The third-order valence-electron chi connectivity index (χ3n) is 9.96. The van der Waals surface area contributed by atoms with Crippen LogP contribution in [0.15, 0.2) is 80.8 Å². The molecule has 0 fully saturated rings. The molecule has 0 N–H and O–H groups in total. The van der Waals surface area contributed by atoms with Gasteiger partial charge in [-0.2, -0.15) is 0 Å². The molecule has 0 aliphatic heterocycles. The van der Waals surface area contributed by atoms with E-state index in [0.717, 1.165) is 0 Å². The van der Waals surface area contributed by atoms with E-state index in [4.69, 9.17) is 0 Å². The Kier molecular flexibility index (Phi) is 11.5. The Morgan fingerprint density at radius 3 is 1.41 bits per heavy atom. The Hall–Kier alpha value is -1.31. The quantitative estimate of drug-likeness (QED) is 0.294. The number of benzene rings is 3. The van der Waals surface area contributed by atoms with Crippen LogP contribution in [0, 0.1) is 5.92 Å². The van der Waals surface area contributed by atoms with Crippen LogP contribution < -0.4 is 24.8 Å². The van der Waals surface area contributed by atoms with Crippen LogP contribution in [0.3, 0.4) is 0 Å². The summed E-state index contributed by atoms with van der Waals surface area (Å²) >= 11 is -2.58. The van der Waals surface area contributed by atoms with E-state index in [0.29, 0.717) is 9.54 Å². The van der Waals surface area contributed by atoms with Crippen LogP contribution in [-0.4, -0.2) is 11.8 Å². The maximum absolute atomic E-state index is 2.82. The molecule has 0 saturated carbocycles. The Morgan fingerprint density at radius 1 is 0.630 bits per heavy atom. The molecule has 2 aliphatic carbocycles. The first-order valence-corrected chi connectivity index (χ1v) is 24.3. The van der Waals surface area contributed by atoms with Gasteiger partial charge in [0.1, 0.15) is 0 Å². The van der Waals surface area contributed by atoms with Crippen LogP contribution >= 0.6 is 0 Å². The van der Waals surface area contributed by atoms with Gasteiger partial charge in [-0.15, -0.1) is 0 Å². The fourth-order valence-corrected chi connectivity index (χ4v) is 18.3. The second kappa shape index (κ2) is 13.5. The number of hydrogen-bond acceptors (Lipinski definition) is 0. The molecule has 0 radical (unpaired) electrons. The summed E-state index contributed by atoms with van der Waals surface area (Å²) in [7, 11) is -1.47. The van der Waals surface area contributed by atoms with Gasteiger partial charge in [0.2, 0.25) is 0 Å². The smallest absolute Gasteiger partial charge is 1.00 e. The minimum atomic E-state index is -2.58. The average molecular weight is 751 g/mol. The molecule has 0 amide bonds. The minimum absolute atomic E-state index is 0. The Bertz CT molecular complexity index is 1630. The van der Waals surface area contributed by atoms with Crippen molar-refractivity contribution in [2.45, 2.75) is 116 Å². The molecule has 0 spiro atoms. The van der Waals surface area contributed by atoms with E-state index in [1.807, 2.05) is 3.28 Å². The van der Waals surface area contributed by atoms with Gasteiger partial charge in [-0.3, -0.25) is 0 Å². The van der Waals surface area contributed by atoms with E-state index >= 15 is 0 Å². The molecule has 0 saturated heterocycles. The zero-order valence-electron chi connectivity index (χ0n) is 30.8. The van der Waals surface area contributed by atoms with Gasteiger partial charge in [0.05, 0.1) is 0 Å². The summed E-state index contributed by atoms with van der Waals surface area (Å²) in [6.45, 7) is 33.7. The summed E-state index contributed by atoms with van der Waals surface area (Å²) in [5.74, 6) is 0.514. The van der Waals surface area contributed by atoms with Crippen molar-refractivity contribution in [2.75, 3.05) is 0 Å². The summed E-state index contributed by atoms with van der Waals surface area (Å²) in [5, 5.41) is 1.69. The monoisotopic (exact) mass is 748 g/mol. The molecule has 1 atom stereocenters. The Balaban J connectivity index is 0.00000288. The molecule has 4 heteroatoms. The van der Waals surface area contributed by atoms with Crippen LogP contribution in [0.25, 0.3) is 11.1 Å². The van der Waals surface area contributed by atoms with E-state index in [9.17, 15) is 0 Å². The summed E-state index contributed by atoms with van der Waals surface area (Å²) in [5.41, 5.74) is 13.9. The summed E-state index contributed by atoms with van der Waals surface area (Å²) in [4.78, 5) is 0. The molecule has 1 unspecified atom stereocenters. The standard InChI is InChI=1S/C21H25.C11H14.C10H17Si.2ClH.Zr/c1-20(2,3)16-7-9-18-14(12-16)11-15-13-17(21(4,5)6)8-10-19(15)18;1-9-5-7-10(8-6-9)11(2,3)4;1-8-6-9(2)10(7-8)11(3,4)5;;;/h7-13H,1-6H3;1,5-8H,2-4H3;7-8H,1-5H3;2*1H;/q;;;;;+2/p-2. The molecule has 0 bridgehead atoms. The SMILES string of the molecule is CC1=[C](/[Zr+2](=[CH]\c2ccc(C(C)(C)C)cc2)[CH]2c3cc(C(C)(C)C)ccc3-c3ccc(C(C)(C)C)cc32)C(C)C=C1[Si](C)(C)C.[Cl-].[Cl-]. The zero-order valence-corrected chi connectivity index (χ0v) is 35.8. The first-order chi connectivity index (χ1) is 20.2. The largest absolute Gasteiger partial charge is 1.00 e. The van der Waals surface area contributed by atoms with Gasteiger partial charge >= 0.3 is 280 Å². The van der Waals surface area contributed by atoms with Gasteiger partial charge in [-0.05, 0) is 0 Å². The van der Waals surface area contributed by atoms with Crippen molar-refractivity contribution in [3.05, 3.63) is 114 Å². The first-order valence-electron chi connectivity index (χ1n) is 16.7. The second-order valence-corrected chi connectivity index (χ2v) is 28.4. The Morgan fingerprint density at radius 2 is 1.04 bits per heavy atom. The topological polar surface area (TPSA) is 0 Å². The van der Waals surface area contributed by atoms with Crippen molar-refractivity contribution in [1.29, 1.82) is 0 Å². The molecule has 5 rings (SSSR count). The maximum atomic E-state index is 2.82. The van der Waals surface area contributed by atoms with Crippen molar-refractivity contribution in [3.8, 4) is 11.1 Å². The number of hydrogen-bond donors (Lipinski definition) is 0. The van der Waals surface area contributed by atoms with Crippen LogP contribution in [0.1, 0.15) is 113 Å². The van der Waals surface area contributed by atoms with Gasteiger partial charge in [0.15, 0.2) is 0 Å². The molecule has 0 aromatic heterocycles. The van der Waals surface area contributed by atoms with E-state index in [2.05, 4.69) is 166 Å². The van der Waals surface area contributed by atoms with Crippen LogP contribution in [0.5, 0.6) is 0 Å². The molecule has 46 heavy (non-hydrogen) atoms. The maximum Gasteiger partial charge on any atom is -1.00 e. The molecular weight excluding hydrogens is 695 g/mol. The van der Waals surface area contributed by atoms with Gasteiger partial charge in [0.25, 0.3) is 0 Å². The van der Waals surface area contributed by atoms with E-state index in [1.54, 1.807) is 21.9 Å². The molecule has 246 valence electrons. The van der Waals surface area contributed by atoms with Crippen molar-refractivity contribution in [1.82, 2.24) is 0 Å². The van der Waals surface area contributed by atoms with Crippen LogP contribution in [0.2, 0.25) is 19.6 Å². The third-order valence-corrected chi connectivity index (χ3v) is 20.3. The van der Waals surface area contributed by atoms with Crippen molar-refractivity contribution < 1.29 is 46.1 Å². The van der Waals surface area contributed by atoms with Gasteiger partial charge in [0, 0.05) is 0 Å². The zero-order chi connectivity index (χ0) is 32.6. The molecule has 2 aliphatic rings. The molecule has 0 heterocycles. The van der Waals surface area contributed by atoms with E-state index < -0.39 is 29.3 Å². The van der Waals surface area contributed by atoms with Gasteiger partial charge < -0.3 is 24.8 Å². The minimum Gasteiger partial charge on any atom is -1.00 e. The fraction of sp³-hybridized carbons (Fsp3) is 0.452. The summed E-state index contributed by atoms with van der Waals surface area (Å²) < 4.78 is 5.11. The van der Waals surface area contributed by atoms with Crippen LogP contribution in [-0.2, 0) is 37.5 Å². The molecule has 3 aromatic carbocycles. The van der Waals surface area contributed by atoms with E-state index in [-0.39, 0.29) is 41.1 Å². The van der Waals surface area contributed by atoms with Crippen LogP contribution in [0.4, 0.5) is 0 Å². The fourth-order valence-electron chi connectivity index (χ4n) is 7.34. The number of allylic oxidation sites excluding steroid dienone is 4. The number of fused-ring (bicyclic) bond motifs is 3. The van der Waals surface area contributed by atoms with Gasteiger partial charge in [-0.25, -0.2) is 0 Å². The predicted molar refractivity (Wildman–Crippen MR) is 195 cm³/mol. The predicted octanol–water partition coefficient (Wildman–Crippen LogP) is 5.85. The third kappa shape index (κ3) is 7.62. The van der Waals surface area contributed by atoms with Gasteiger partial charge in [-0.1, -0.05) is 0 Å². The second-order valence-electron chi connectivity index (χ2n) is 17.7. The summed E-state index contributed by atoms with van der Waals surface area (Å²) in [6, 6.07) is 24.5. The molecule has 0 nitrogen and oxygen atoms in total. The van der Waals surface area contributed by atoms with E-state index in [1.165, 1.54) is 33.4 Å². The normalized spacial score (nSPS) is 16.9.